The van der Waals surface area contributed by atoms with Crippen molar-refractivity contribution < 1.29 is 0 Å². The molecule has 0 aliphatic heterocycles. The molecule has 0 atom stereocenters. The Morgan fingerprint density at radius 2 is 2.10 bits per heavy atom. The van der Waals surface area contributed by atoms with E-state index in [1.807, 2.05) is 6.07 Å². The van der Waals surface area contributed by atoms with Crippen molar-refractivity contribution in [2.45, 2.75) is 0 Å². The molecule has 2 heterocycles. The summed E-state index contributed by atoms with van der Waals surface area (Å²) in [7, 11) is 0. The Kier molecular flexibility index (Phi) is 3.67. The molecule has 0 fully saturated rings. The fourth-order valence-corrected chi connectivity index (χ4v) is 2.08. The van der Waals surface area contributed by atoms with Gasteiger partial charge < -0.3 is 11.1 Å². The molecule has 0 saturated carbocycles. The van der Waals surface area contributed by atoms with E-state index in [1.165, 1.54) is 17.3 Å². The van der Waals surface area contributed by atoms with Crippen molar-refractivity contribution in [3.8, 4) is 5.95 Å². The molecule has 0 aliphatic rings. The lowest BCUT2D eigenvalue weighted by molar-refractivity contribution is 0.800. The van der Waals surface area contributed by atoms with Crippen molar-refractivity contribution in [1.29, 1.82) is 0 Å². The molecule has 0 saturated heterocycles. The van der Waals surface area contributed by atoms with E-state index in [1.54, 1.807) is 12.1 Å². The topological polar surface area (TPSA) is 107 Å². The van der Waals surface area contributed by atoms with Crippen LogP contribution in [0.4, 0.5) is 17.6 Å². The molecule has 2 aromatic heterocycles. The molecule has 3 rings (SSSR count). The number of rotatable bonds is 3. The van der Waals surface area contributed by atoms with Crippen LogP contribution < -0.4 is 11.1 Å². The molecule has 0 spiro atoms. The molecule has 1 aromatic carbocycles. The Morgan fingerprint density at radius 3 is 2.86 bits per heavy atom. The second-order valence-electron chi connectivity index (χ2n) is 3.91. The molecule has 106 valence electrons. The maximum atomic E-state index is 5.97. The maximum absolute atomic E-state index is 5.97. The molecule has 3 N–H and O–H groups in total. The summed E-state index contributed by atoms with van der Waals surface area (Å²) >= 11 is 9.38. The van der Waals surface area contributed by atoms with E-state index < -0.39 is 0 Å². The van der Waals surface area contributed by atoms with Gasteiger partial charge in [-0.1, -0.05) is 11.6 Å². The lowest BCUT2D eigenvalue weighted by Gasteiger charge is -2.09. The standard InChI is InChI=1S/C11H8BrClN8/c12-7-2-1-6(13)3-8(7)17-10-18-9(14)19-11(20-10)21-5-15-4-16-21/h1-5H,(H3,14,17,18,19,20). The summed E-state index contributed by atoms with van der Waals surface area (Å²) in [5.41, 5.74) is 6.39. The van der Waals surface area contributed by atoms with Crippen LogP contribution in [0.2, 0.25) is 5.02 Å². The number of nitrogen functional groups attached to an aromatic ring is 1. The number of aromatic nitrogens is 6. The summed E-state index contributed by atoms with van der Waals surface area (Å²) in [6, 6.07) is 5.31. The van der Waals surface area contributed by atoms with Crippen LogP contribution in [0, 0.1) is 0 Å². The zero-order chi connectivity index (χ0) is 14.8. The predicted molar refractivity (Wildman–Crippen MR) is 81.6 cm³/mol. The number of nitrogens with one attached hydrogen (secondary N) is 1. The number of anilines is 3. The molecule has 0 aliphatic carbocycles. The Hall–Kier alpha value is -2.26. The van der Waals surface area contributed by atoms with Crippen LogP contribution >= 0.6 is 27.5 Å². The SMILES string of the molecule is Nc1nc(Nc2cc(Cl)ccc2Br)nc(-n2cncn2)n1. The van der Waals surface area contributed by atoms with E-state index in [9.17, 15) is 0 Å². The van der Waals surface area contributed by atoms with Gasteiger partial charge in [0.05, 0.1) is 5.69 Å². The van der Waals surface area contributed by atoms with Crippen molar-refractivity contribution >= 4 is 45.1 Å². The van der Waals surface area contributed by atoms with E-state index >= 15 is 0 Å². The van der Waals surface area contributed by atoms with Gasteiger partial charge in [-0.25, -0.2) is 4.98 Å². The maximum Gasteiger partial charge on any atom is 0.258 e. The highest BCUT2D eigenvalue weighted by atomic mass is 79.9. The van der Waals surface area contributed by atoms with Gasteiger partial charge in [0.15, 0.2) is 0 Å². The second kappa shape index (κ2) is 5.62. The highest BCUT2D eigenvalue weighted by Crippen LogP contribution is 2.27. The molecule has 0 amide bonds. The fourth-order valence-electron chi connectivity index (χ4n) is 1.56. The van der Waals surface area contributed by atoms with E-state index in [0.29, 0.717) is 10.7 Å². The van der Waals surface area contributed by atoms with Crippen molar-refractivity contribution in [2.24, 2.45) is 0 Å². The minimum Gasteiger partial charge on any atom is -0.368 e. The first kappa shape index (κ1) is 13.7. The molecule has 0 radical (unpaired) electrons. The summed E-state index contributed by atoms with van der Waals surface area (Å²) in [4.78, 5) is 16.1. The molecular weight excluding hydrogens is 360 g/mol. The van der Waals surface area contributed by atoms with Crippen molar-refractivity contribution in [2.75, 3.05) is 11.1 Å². The first-order valence-corrected chi connectivity index (χ1v) is 6.87. The highest BCUT2D eigenvalue weighted by Gasteiger charge is 2.09. The van der Waals surface area contributed by atoms with Gasteiger partial charge in [-0.3, -0.25) is 0 Å². The number of nitrogens with two attached hydrogens (primary N) is 1. The number of benzene rings is 1. The number of nitrogens with zero attached hydrogens (tertiary/aromatic N) is 6. The summed E-state index contributed by atoms with van der Waals surface area (Å²) in [6.07, 6.45) is 2.84. The highest BCUT2D eigenvalue weighted by molar-refractivity contribution is 9.10. The Balaban J connectivity index is 1.97. The van der Waals surface area contributed by atoms with Gasteiger partial charge in [0.25, 0.3) is 5.95 Å². The minimum absolute atomic E-state index is 0.0659. The summed E-state index contributed by atoms with van der Waals surface area (Å²) < 4.78 is 2.20. The smallest absolute Gasteiger partial charge is 0.258 e. The lowest BCUT2D eigenvalue weighted by atomic mass is 10.3. The average molecular weight is 368 g/mol. The van der Waals surface area contributed by atoms with E-state index in [4.69, 9.17) is 17.3 Å². The van der Waals surface area contributed by atoms with Crippen LogP contribution in [0.5, 0.6) is 0 Å². The Morgan fingerprint density at radius 1 is 1.24 bits per heavy atom. The lowest BCUT2D eigenvalue weighted by Crippen LogP contribution is -2.09. The van der Waals surface area contributed by atoms with Crippen molar-refractivity contribution in [3.63, 3.8) is 0 Å². The zero-order valence-corrected chi connectivity index (χ0v) is 12.7. The molecule has 21 heavy (non-hydrogen) atoms. The third-order valence-electron chi connectivity index (χ3n) is 2.44. The monoisotopic (exact) mass is 366 g/mol. The zero-order valence-electron chi connectivity index (χ0n) is 10.4. The first-order chi connectivity index (χ1) is 10.1. The van der Waals surface area contributed by atoms with E-state index in [2.05, 4.69) is 46.3 Å². The van der Waals surface area contributed by atoms with Crippen molar-refractivity contribution in [1.82, 2.24) is 29.7 Å². The normalized spacial score (nSPS) is 10.6. The molecule has 10 heteroatoms. The summed E-state index contributed by atoms with van der Waals surface area (Å²) in [6.45, 7) is 0. The third-order valence-corrected chi connectivity index (χ3v) is 3.37. The van der Waals surface area contributed by atoms with Gasteiger partial charge in [-0.15, -0.1) is 0 Å². The Bertz CT molecular complexity index is 776. The average Bonchev–Trinajstić information content (AvgIpc) is 2.96. The van der Waals surface area contributed by atoms with E-state index in [-0.39, 0.29) is 17.8 Å². The van der Waals surface area contributed by atoms with Crippen LogP contribution in [0.25, 0.3) is 5.95 Å². The van der Waals surface area contributed by atoms with Gasteiger partial charge in [-0.05, 0) is 34.1 Å². The van der Waals surface area contributed by atoms with Crippen molar-refractivity contribution in [3.05, 3.63) is 40.3 Å². The summed E-state index contributed by atoms with van der Waals surface area (Å²) in [5.74, 6) is 0.604. The number of hydrogen-bond donors (Lipinski definition) is 2. The molecule has 8 nitrogen and oxygen atoms in total. The third kappa shape index (κ3) is 3.09. The minimum atomic E-state index is 0.0659. The first-order valence-electron chi connectivity index (χ1n) is 5.70. The Labute approximate surface area is 132 Å². The van der Waals surface area contributed by atoms with Crippen LogP contribution in [0.1, 0.15) is 0 Å². The van der Waals surface area contributed by atoms with Crippen LogP contribution in [0.15, 0.2) is 35.3 Å². The van der Waals surface area contributed by atoms with Gasteiger partial charge in [-0.2, -0.15) is 24.7 Å². The van der Waals surface area contributed by atoms with Gasteiger partial charge >= 0.3 is 0 Å². The van der Waals surface area contributed by atoms with Gasteiger partial charge in [0, 0.05) is 9.50 Å². The number of halogens is 2. The molecule has 3 aromatic rings. The predicted octanol–water partition coefficient (Wildman–Crippen LogP) is 2.19. The van der Waals surface area contributed by atoms with Crippen LogP contribution in [-0.4, -0.2) is 29.7 Å². The van der Waals surface area contributed by atoms with Crippen LogP contribution in [-0.2, 0) is 0 Å². The van der Waals surface area contributed by atoms with Gasteiger partial charge in [0.1, 0.15) is 12.7 Å². The van der Waals surface area contributed by atoms with Gasteiger partial charge in [0.2, 0.25) is 11.9 Å². The largest absolute Gasteiger partial charge is 0.368 e. The quantitative estimate of drug-likeness (QED) is 0.730. The molecule has 0 unspecified atom stereocenters. The summed E-state index contributed by atoms with van der Waals surface area (Å²) in [5, 5.41) is 7.55. The molecular formula is C11H8BrClN8. The van der Waals surface area contributed by atoms with Crippen LogP contribution in [0.3, 0.4) is 0 Å². The van der Waals surface area contributed by atoms with E-state index in [0.717, 1.165) is 4.47 Å². The fraction of sp³-hybridized carbons (Fsp3) is 0. The molecule has 0 bridgehead atoms. The second-order valence-corrected chi connectivity index (χ2v) is 5.20. The number of hydrogen-bond acceptors (Lipinski definition) is 7.